The molecule has 3 N–H and O–H groups in total. The standard InChI is InChI=1S/C15H22N4OS/c1-10-9-11(2)18-14(17-10)19-13(20)15(12(16)21)7-5-3-4-6-8-15/h9H,3-8H2,1-2H3,(H2,16,21)(H,17,18,19,20). The van der Waals surface area contributed by atoms with Crippen molar-refractivity contribution in [3.05, 3.63) is 17.5 Å². The Morgan fingerprint density at radius 1 is 1.19 bits per heavy atom. The molecule has 1 amide bonds. The number of carbonyl (C=O) groups excluding carboxylic acids is 1. The number of aromatic nitrogens is 2. The van der Waals surface area contributed by atoms with E-state index in [2.05, 4.69) is 15.3 Å². The highest BCUT2D eigenvalue weighted by Crippen LogP contribution is 2.36. The molecule has 1 heterocycles. The quantitative estimate of drug-likeness (QED) is 0.663. The van der Waals surface area contributed by atoms with Crippen LogP contribution in [0.15, 0.2) is 6.07 Å². The fourth-order valence-corrected chi connectivity index (χ4v) is 3.22. The fraction of sp³-hybridized carbons (Fsp3) is 0.600. The van der Waals surface area contributed by atoms with E-state index in [9.17, 15) is 4.79 Å². The Hall–Kier alpha value is -1.56. The average Bonchev–Trinajstić information content (AvgIpc) is 2.63. The van der Waals surface area contributed by atoms with Crippen LogP contribution in [0.3, 0.4) is 0 Å². The second-order valence-corrected chi connectivity index (χ2v) is 6.23. The molecular formula is C15H22N4OS. The molecule has 21 heavy (non-hydrogen) atoms. The molecule has 0 aromatic carbocycles. The van der Waals surface area contributed by atoms with Gasteiger partial charge >= 0.3 is 0 Å². The van der Waals surface area contributed by atoms with Crippen LogP contribution in [0.4, 0.5) is 5.95 Å². The Kier molecular flexibility index (Phi) is 4.88. The molecule has 1 aliphatic carbocycles. The van der Waals surface area contributed by atoms with E-state index in [-0.39, 0.29) is 10.9 Å². The maximum Gasteiger partial charge on any atom is 0.239 e. The van der Waals surface area contributed by atoms with Gasteiger partial charge in [-0.25, -0.2) is 9.97 Å². The lowest BCUT2D eigenvalue weighted by Crippen LogP contribution is -2.46. The van der Waals surface area contributed by atoms with Gasteiger partial charge in [0.15, 0.2) is 0 Å². The lowest BCUT2D eigenvalue weighted by molar-refractivity contribution is -0.122. The molecule has 0 radical (unpaired) electrons. The molecule has 0 bridgehead atoms. The van der Waals surface area contributed by atoms with E-state index < -0.39 is 5.41 Å². The first kappa shape index (κ1) is 15.8. The lowest BCUT2D eigenvalue weighted by Gasteiger charge is -2.29. The second kappa shape index (κ2) is 6.47. The summed E-state index contributed by atoms with van der Waals surface area (Å²) in [5, 5.41) is 2.81. The highest BCUT2D eigenvalue weighted by Gasteiger charge is 2.41. The minimum Gasteiger partial charge on any atom is -0.392 e. The topological polar surface area (TPSA) is 80.9 Å². The molecule has 1 aliphatic rings. The maximum absolute atomic E-state index is 12.7. The summed E-state index contributed by atoms with van der Waals surface area (Å²) in [6.45, 7) is 3.75. The van der Waals surface area contributed by atoms with Gasteiger partial charge in [0.25, 0.3) is 0 Å². The number of hydrogen-bond acceptors (Lipinski definition) is 4. The van der Waals surface area contributed by atoms with E-state index in [1.54, 1.807) is 0 Å². The summed E-state index contributed by atoms with van der Waals surface area (Å²) in [4.78, 5) is 21.5. The summed E-state index contributed by atoms with van der Waals surface area (Å²) < 4.78 is 0. The van der Waals surface area contributed by atoms with Crippen LogP contribution in [0.25, 0.3) is 0 Å². The molecule has 1 fully saturated rings. The largest absolute Gasteiger partial charge is 0.392 e. The van der Waals surface area contributed by atoms with Crippen LogP contribution in [-0.4, -0.2) is 20.9 Å². The third-order valence-electron chi connectivity index (χ3n) is 4.07. The summed E-state index contributed by atoms with van der Waals surface area (Å²) in [6.07, 6.45) is 5.60. The Balaban J connectivity index is 2.24. The van der Waals surface area contributed by atoms with E-state index in [1.807, 2.05) is 19.9 Å². The van der Waals surface area contributed by atoms with Crippen molar-refractivity contribution in [3.8, 4) is 0 Å². The minimum atomic E-state index is -0.757. The molecule has 0 atom stereocenters. The number of anilines is 1. The zero-order chi connectivity index (χ0) is 15.5. The van der Waals surface area contributed by atoms with E-state index in [0.29, 0.717) is 18.8 Å². The smallest absolute Gasteiger partial charge is 0.239 e. The molecule has 5 nitrogen and oxygen atoms in total. The van der Waals surface area contributed by atoms with Crippen molar-refractivity contribution >= 4 is 29.1 Å². The molecule has 114 valence electrons. The molecule has 0 aliphatic heterocycles. The Labute approximate surface area is 130 Å². The number of nitrogens with two attached hydrogens (primary N) is 1. The predicted molar refractivity (Wildman–Crippen MR) is 87.1 cm³/mol. The van der Waals surface area contributed by atoms with Crippen LogP contribution in [0, 0.1) is 19.3 Å². The number of hydrogen-bond donors (Lipinski definition) is 2. The molecule has 0 unspecified atom stereocenters. The number of nitrogens with one attached hydrogen (secondary N) is 1. The summed E-state index contributed by atoms with van der Waals surface area (Å²) in [6, 6.07) is 1.87. The Bertz CT molecular complexity index is 530. The summed E-state index contributed by atoms with van der Waals surface area (Å²) in [7, 11) is 0. The first-order valence-electron chi connectivity index (χ1n) is 7.38. The molecule has 0 spiro atoms. The van der Waals surface area contributed by atoms with Crippen LogP contribution < -0.4 is 11.1 Å². The van der Waals surface area contributed by atoms with Gasteiger partial charge in [0.2, 0.25) is 11.9 Å². The Morgan fingerprint density at radius 3 is 2.19 bits per heavy atom. The number of amides is 1. The summed E-state index contributed by atoms with van der Waals surface area (Å²) in [5.74, 6) is 0.166. The molecular weight excluding hydrogens is 284 g/mol. The van der Waals surface area contributed by atoms with E-state index in [4.69, 9.17) is 18.0 Å². The average molecular weight is 306 g/mol. The van der Waals surface area contributed by atoms with Gasteiger partial charge in [0, 0.05) is 11.4 Å². The van der Waals surface area contributed by atoms with Crippen molar-refractivity contribution in [2.24, 2.45) is 11.1 Å². The van der Waals surface area contributed by atoms with Gasteiger partial charge in [0.1, 0.15) is 0 Å². The third-order valence-corrected chi connectivity index (χ3v) is 4.46. The van der Waals surface area contributed by atoms with Gasteiger partial charge in [0.05, 0.1) is 10.4 Å². The molecule has 1 aromatic rings. The molecule has 2 rings (SSSR count). The fourth-order valence-electron chi connectivity index (χ4n) is 2.92. The number of nitrogens with zero attached hydrogens (tertiary/aromatic N) is 2. The van der Waals surface area contributed by atoms with Gasteiger partial charge in [-0.1, -0.05) is 37.9 Å². The van der Waals surface area contributed by atoms with Crippen molar-refractivity contribution in [2.75, 3.05) is 5.32 Å². The molecule has 1 aromatic heterocycles. The first-order valence-corrected chi connectivity index (χ1v) is 7.78. The van der Waals surface area contributed by atoms with Crippen LogP contribution in [0.2, 0.25) is 0 Å². The van der Waals surface area contributed by atoms with Crippen LogP contribution in [-0.2, 0) is 4.79 Å². The van der Waals surface area contributed by atoms with Crippen molar-refractivity contribution in [2.45, 2.75) is 52.4 Å². The normalized spacial score (nSPS) is 17.8. The lowest BCUT2D eigenvalue weighted by atomic mass is 9.79. The zero-order valence-electron chi connectivity index (χ0n) is 12.6. The number of thiocarbonyl (C=S) groups is 1. The summed E-state index contributed by atoms with van der Waals surface area (Å²) in [5.41, 5.74) is 6.80. The van der Waals surface area contributed by atoms with Crippen LogP contribution in [0.5, 0.6) is 0 Å². The van der Waals surface area contributed by atoms with Crippen molar-refractivity contribution in [1.82, 2.24) is 9.97 Å². The van der Waals surface area contributed by atoms with Crippen molar-refractivity contribution in [1.29, 1.82) is 0 Å². The summed E-state index contributed by atoms with van der Waals surface area (Å²) >= 11 is 5.21. The van der Waals surface area contributed by atoms with Crippen LogP contribution in [0.1, 0.15) is 49.9 Å². The van der Waals surface area contributed by atoms with E-state index in [0.717, 1.165) is 37.1 Å². The molecule has 1 saturated carbocycles. The van der Waals surface area contributed by atoms with Gasteiger partial charge in [-0.2, -0.15) is 0 Å². The first-order chi connectivity index (χ1) is 9.94. The minimum absolute atomic E-state index is 0.165. The second-order valence-electron chi connectivity index (χ2n) is 5.79. The Morgan fingerprint density at radius 2 is 1.71 bits per heavy atom. The van der Waals surface area contributed by atoms with Crippen LogP contribution >= 0.6 is 12.2 Å². The number of rotatable bonds is 3. The molecule has 0 saturated heterocycles. The highest BCUT2D eigenvalue weighted by atomic mass is 32.1. The third kappa shape index (κ3) is 3.56. The number of carbonyl (C=O) groups is 1. The van der Waals surface area contributed by atoms with E-state index >= 15 is 0 Å². The zero-order valence-corrected chi connectivity index (χ0v) is 13.4. The van der Waals surface area contributed by atoms with Gasteiger partial charge in [-0.05, 0) is 32.8 Å². The molecule has 6 heteroatoms. The predicted octanol–water partition coefficient (Wildman–Crippen LogP) is 2.66. The van der Waals surface area contributed by atoms with Gasteiger partial charge < -0.3 is 5.73 Å². The van der Waals surface area contributed by atoms with E-state index in [1.165, 1.54) is 0 Å². The monoisotopic (exact) mass is 306 g/mol. The van der Waals surface area contributed by atoms with Crippen molar-refractivity contribution < 1.29 is 4.79 Å². The SMILES string of the molecule is Cc1cc(C)nc(NC(=O)C2(C(N)=S)CCCCCC2)n1. The maximum atomic E-state index is 12.7. The number of aryl methyl sites for hydroxylation is 2. The van der Waals surface area contributed by atoms with Gasteiger partial charge in [-0.3, -0.25) is 10.1 Å². The highest BCUT2D eigenvalue weighted by molar-refractivity contribution is 7.80. The van der Waals surface area contributed by atoms with Crippen molar-refractivity contribution in [3.63, 3.8) is 0 Å². The van der Waals surface area contributed by atoms with Gasteiger partial charge in [-0.15, -0.1) is 0 Å².